The first kappa shape index (κ1) is 24.5. The molecule has 1 N–H and O–H groups in total. The van der Waals surface area contributed by atoms with Crippen LogP contribution in [0.25, 0.3) is 0 Å². The highest BCUT2D eigenvalue weighted by Gasteiger charge is 2.20. The number of anilines is 1. The van der Waals surface area contributed by atoms with E-state index in [9.17, 15) is 4.79 Å². The lowest BCUT2D eigenvalue weighted by Gasteiger charge is -2.16. The normalized spacial score (nSPS) is 11.8. The van der Waals surface area contributed by atoms with Crippen molar-refractivity contribution < 1.29 is 14.3 Å². The summed E-state index contributed by atoms with van der Waals surface area (Å²) in [5.74, 6) is 1.96. The molecule has 3 rings (SSSR count). The van der Waals surface area contributed by atoms with E-state index in [0.29, 0.717) is 44.0 Å². The van der Waals surface area contributed by atoms with Crippen LogP contribution < -0.4 is 14.8 Å². The molecule has 0 saturated heterocycles. The summed E-state index contributed by atoms with van der Waals surface area (Å²) in [5.41, 5.74) is 0.394. The molecule has 1 heterocycles. The Morgan fingerprint density at radius 1 is 1.09 bits per heavy atom. The molecule has 1 aromatic heterocycles. The van der Waals surface area contributed by atoms with Crippen molar-refractivity contribution in [2.45, 2.75) is 31.7 Å². The zero-order valence-electron chi connectivity index (χ0n) is 17.6. The van der Waals surface area contributed by atoms with E-state index in [2.05, 4.69) is 15.5 Å². The molecule has 7 nitrogen and oxygen atoms in total. The number of halogens is 3. The summed E-state index contributed by atoms with van der Waals surface area (Å²) in [6.07, 6.45) is -0.339. The lowest BCUT2D eigenvalue weighted by molar-refractivity contribution is -0.113. The average molecular weight is 516 g/mol. The molecular formula is C21H21Cl3N4O3S. The van der Waals surface area contributed by atoms with Crippen LogP contribution in [0.2, 0.25) is 15.1 Å². The van der Waals surface area contributed by atoms with Crippen LogP contribution in [0.3, 0.4) is 0 Å². The third kappa shape index (κ3) is 6.01. The smallest absolute Gasteiger partial charge is 0.234 e. The first-order valence-corrected chi connectivity index (χ1v) is 11.7. The topological polar surface area (TPSA) is 78.3 Å². The summed E-state index contributed by atoms with van der Waals surface area (Å²) in [5, 5.41) is 12.8. The van der Waals surface area contributed by atoms with Gasteiger partial charge in [0.05, 0.1) is 33.6 Å². The molecule has 2 aromatic carbocycles. The van der Waals surface area contributed by atoms with Gasteiger partial charge in [0.25, 0.3) is 0 Å². The maximum atomic E-state index is 12.4. The van der Waals surface area contributed by atoms with Crippen LogP contribution in [0.4, 0.5) is 5.69 Å². The van der Waals surface area contributed by atoms with Gasteiger partial charge in [0.15, 0.2) is 17.1 Å². The summed E-state index contributed by atoms with van der Waals surface area (Å²) in [4.78, 5) is 12.4. The van der Waals surface area contributed by atoms with Crippen molar-refractivity contribution in [3.8, 4) is 11.5 Å². The van der Waals surface area contributed by atoms with Gasteiger partial charge in [0.2, 0.25) is 5.91 Å². The third-order valence-corrected chi connectivity index (χ3v) is 6.42. The fourth-order valence-corrected chi connectivity index (χ4v) is 4.25. The van der Waals surface area contributed by atoms with E-state index in [-0.39, 0.29) is 17.8 Å². The Hall–Kier alpha value is -2.13. The number of rotatable bonds is 9. The second-order valence-corrected chi connectivity index (χ2v) is 8.77. The largest absolute Gasteiger partial charge is 0.497 e. The Labute approximate surface area is 205 Å². The zero-order valence-corrected chi connectivity index (χ0v) is 20.6. The molecule has 32 heavy (non-hydrogen) atoms. The van der Waals surface area contributed by atoms with Gasteiger partial charge < -0.3 is 19.4 Å². The first-order chi connectivity index (χ1) is 15.3. The van der Waals surface area contributed by atoms with Crippen molar-refractivity contribution in [3.63, 3.8) is 0 Å². The number of thioether (sulfide) groups is 1. The Bertz CT molecular complexity index is 1090. The lowest BCUT2D eigenvalue weighted by atomic mass is 10.3. The highest BCUT2D eigenvalue weighted by molar-refractivity contribution is 7.99. The summed E-state index contributed by atoms with van der Waals surface area (Å²) >= 11 is 19.3. The third-order valence-electron chi connectivity index (χ3n) is 4.41. The summed E-state index contributed by atoms with van der Waals surface area (Å²) in [7, 11) is 1.61. The highest BCUT2D eigenvalue weighted by atomic mass is 35.5. The lowest BCUT2D eigenvalue weighted by Crippen LogP contribution is -2.15. The second-order valence-electron chi connectivity index (χ2n) is 6.60. The molecule has 0 aliphatic heterocycles. The number of ether oxygens (including phenoxy) is 2. The molecule has 11 heteroatoms. The predicted molar refractivity (Wildman–Crippen MR) is 129 cm³/mol. The van der Waals surface area contributed by atoms with Crippen LogP contribution in [0.5, 0.6) is 11.5 Å². The zero-order chi connectivity index (χ0) is 23.3. The van der Waals surface area contributed by atoms with Gasteiger partial charge in [0, 0.05) is 6.54 Å². The minimum atomic E-state index is -0.339. The van der Waals surface area contributed by atoms with Gasteiger partial charge in [-0.25, -0.2) is 0 Å². The molecule has 1 unspecified atom stereocenters. The molecule has 0 spiro atoms. The number of nitrogens with one attached hydrogen (secondary N) is 1. The van der Waals surface area contributed by atoms with Gasteiger partial charge in [-0.15, -0.1) is 10.2 Å². The van der Waals surface area contributed by atoms with Gasteiger partial charge in [-0.1, -0.05) is 46.6 Å². The number of benzene rings is 2. The molecular weight excluding hydrogens is 495 g/mol. The highest BCUT2D eigenvalue weighted by Crippen LogP contribution is 2.32. The number of aromatic nitrogens is 3. The van der Waals surface area contributed by atoms with Crippen molar-refractivity contribution in [3.05, 3.63) is 57.3 Å². The molecule has 0 radical (unpaired) electrons. The molecule has 1 amide bonds. The van der Waals surface area contributed by atoms with Crippen LogP contribution in [0.15, 0.2) is 41.6 Å². The van der Waals surface area contributed by atoms with Crippen LogP contribution in [-0.2, 0) is 11.3 Å². The Balaban J connectivity index is 1.64. The van der Waals surface area contributed by atoms with Crippen molar-refractivity contribution in [2.24, 2.45) is 0 Å². The average Bonchev–Trinajstić information content (AvgIpc) is 3.19. The molecule has 3 aromatic rings. The van der Waals surface area contributed by atoms with E-state index < -0.39 is 0 Å². The van der Waals surface area contributed by atoms with Crippen molar-refractivity contribution in [1.29, 1.82) is 0 Å². The van der Waals surface area contributed by atoms with Gasteiger partial charge in [-0.05, 0) is 50.2 Å². The fraction of sp³-hybridized carbons (Fsp3) is 0.286. The summed E-state index contributed by atoms with van der Waals surface area (Å²) < 4.78 is 13.1. The van der Waals surface area contributed by atoms with Crippen LogP contribution >= 0.6 is 46.6 Å². The summed E-state index contributed by atoms with van der Waals surface area (Å²) in [6, 6.07) is 10.3. The van der Waals surface area contributed by atoms with Gasteiger partial charge in [-0.2, -0.15) is 0 Å². The SMILES string of the molecule is CCn1c(SCC(=O)Nc2cc(Cl)c(Cl)cc2Cl)nnc1C(C)Oc1ccc(OC)cc1. The summed E-state index contributed by atoms with van der Waals surface area (Å²) in [6.45, 7) is 4.50. The number of hydrogen-bond acceptors (Lipinski definition) is 6. The maximum absolute atomic E-state index is 12.4. The van der Waals surface area contributed by atoms with Crippen LogP contribution in [0, 0.1) is 0 Å². The van der Waals surface area contributed by atoms with E-state index in [0.717, 1.165) is 5.75 Å². The fourth-order valence-electron chi connectivity index (χ4n) is 2.85. The van der Waals surface area contributed by atoms with E-state index in [1.807, 2.05) is 42.7 Å². The van der Waals surface area contributed by atoms with E-state index >= 15 is 0 Å². The van der Waals surface area contributed by atoms with Gasteiger partial charge in [-0.3, -0.25) is 4.79 Å². The monoisotopic (exact) mass is 514 g/mol. The van der Waals surface area contributed by atoms with Crippen molar-refractivity contribution in [1.82, 2.24) is 14.8 Å². The molecule has 170 valence electrons. The Morgan fingerprint density at radius 3 is 2.41 bits per heavy atom. The number of hydrogen-bond donors (Lipinski definition) is 1. The maximum Gasteiger partial charge on any atom is 0.234 e. The van der Waals surface area contributed by atoms with Crippen molar-refractivity contribution >= 4 is 58.2 Å². The van der Waals surface area contributed by atoms with Gasteiger partial charge >= 0.3 is 0 Å². The quantitative estimate of drug-likeness (QED) is 0.272. The van der Waals surface area contributed by atoms with Crippen molar-refractivity contribution in [2.75, 3.05) is 18.2 Å². The standard InChI is InChI=1S/C21H21Cl3N4O3S/c1-4-28-20(12(2)31-14-7-5-13(30-3)6-8-14)26-27-21(28)32-11-19(29)25-18-10-16(23)15(22)9-17(18)24/h5-10,12H,4,11H2,1-3H3,(H,25,29). The van der Waals surface area contributed by atoms with Crippen LogP contribution in [-0.4, -0.2) is 33.5 Å². The second kappa shape index (κ2) is 11.1. The molecule has 0 bridgehead atoms. The molecule has 0 saturated carbocycles. The molecule has 0 aliphatic rings. The van der Waals surface area contributed by atoms with E-state index in [1.54, 1.807) is 7.11 Å². The number of carbonyl (C=O) groups is 1. The Kier molecular flexibility index (Phi) is 8.53. The number of methoxy groups -OCH3 is 1. The predicted octanol–water partition coefficient (Wildman–Crippen LogP) is 6.14. The van der Waals surface area contributed by atoms with Gasteiger partial charge in [0.1, 0.15) is 11.5 Å². The first-order valence-electron chi connectivity index (χ1n) is 9.63. The minimum Gasteiger partial charge on any atom is -0.497 e. The molecule has 1 atom stereocenters. The molecule has 0 fully saturated rings. The number of carbonyl (C=O) groups excluding carboxylic acids is 1. The van der Waals surface area contributed by atoms with E-state index in [4.69, 9.17) is 44.3 Å². The molecule has 0 aliphatic carbocycles. The minimum absolute atomic E-state index is 0.114. The number of amides is 1. The Morgan fingerprint density at radius 2 is 1.75 bits per heavy atom. The van der Waals surface area contributed by atoms with E-state index in [1.165, 1.54) is 23.9 Å². The van der Waals surface area contributed by atoms with Crippen LogP contribution in [0.1, 0.15) is 25.8 Å². The number of nitrogens with zero attached hydrogens (tertiary/aromatic N) is 3.